The summed E-state index contributed by atoms with van der Waals surface area (Å²) in [5.74, 6) is -1.15. The average molecular weight is 297 g/mol. The zero-order chi connectivity index (χ0) is 15.5. The summed E-state index contributed by atoms with van der Waals surface area (Å²) in [6.45, 7) is 7.45. The van der Waals surface area contributed by atoms with Gasteiger partial charge in [0.05, 0.1) is 10.5 Å². The van der Waals surface area contributed by atoms with E-state index >= 15 is 0 Å². The molecule has 0 bridgehead atoms. The number of hydrogen-bond donors (Lipinski definition) is 1. The number of nitrogens with zero attached hydrogens (tertiary/aromatic N) is 1. The highest BCUT2D eigenvalue weighted by Gasteiger charge is 2.24. The zero-order valence-electron chi connectivity index (χ0n) is 11.9. The third kappa shape index (κ3) is 3.46. The lowest BCUT2D eigenvalue weighted by molar-refractivity contribution is 0.0696. The van der Waals surface area contributed by atoms with E-state index in [9.17, 15) is 13.2 Å². The Morgan fingerprint density at radius 3 is 2.45 bits per heavy atom. The molecule has 5 nitrogen and oxygen atoms in total. The van der Waals surface area contributed by atoms with Crippen molar-refractivity contribution in [2.24, 2.45) is 0 Å². The number of likely N-dealkylation sites (N-methyl/N-ethyl adjacent to an activating group) is 1. The number of aromatic carboxylic acids is 1. The molecule has 0 spiro atoms. The molecule has 6 heteroatoms. The number of carbonyl (C=O) groups is 1. The number of carboxylic acid groups (broad SMARTS) is 1. The Hall–Kier alpha value is -1.66. The summed E-state index contributed by atoms with van der Waals surface area (Å²) in [5.41, 5.74) is 1.27. The highest BCUT2D eigenvalue weighted by atomic mass is 32.2. The van der Waals surface area contributed by atoms with E-state index in [0.29, 0.717) is 17.6 Å². The Morgan fingerprint density at radius 1 is 1.40 bits per heavy atom. The van der Waals surface area contributed by atoms with Crippen LogP contribution in [0.5, 0.6) is 0 Å². The fourth-order valence-corrected chi connectivity index (χ4v) is 3.40. The lowest BCUT2D eigenvalue weighted by Crippen LogP contribution is -2.29. The van der Waals surface area contributed by atoms with Crippen molar-refractivity contribution >= 4 is 16.0 Å². The molecule has 0 fully saturated rings. The van der Waals surface area contributed by atoms with Crippen LogP contribution in [0.15, 0.2) is 35.2 Å². The van der Waals surface area contributed by atoms with Crippen molar-refractivity contribution in [3.63, 3.8) is 0 Å². The summed E-state index contributed by atoms with van der Waals surface area (Å²) in [6.07, 6.45) is 0.509. The maximum atomic E-state index is 12.5. The van der Waals surface area contributed by atoms with Gasteiger partial charge in [0, 0.05) is 13.6 Å². The van der Waals surface area contributed by atoms with E-state index in [-0.39, 0.29) is 17.0 Å². The second kappa shape index (κ2) is 6.19. The van der Waals surface area contributed by atoms with Crippen molar-refractivity contribution in [1.29, 1.82) is 0 Å². The van der Waals surface area contributed by atoms with Crippen LogP contribution in [0.4, 0.5) is 0 Å². The number of rotatable bonds is 6. The van der Waals surface area contributed by atoms with Gasteiger partial charge in [0.2, 0.25) is 10.0 Å². The molecule has 0 aliphatic carbocycles. The van der Waals surface area contributed by atoms with Gasteiger partial charge >= 0.3 is 5.97 Å². The largest absolute Gasteiger partial charge is 0.478 e. The maximum Gasteiger partial charge on any atom is 0.335 e. The van der Waals surface area contributed by atoms with E-state index in [2.05, 4.69) is 6.58 Å². The molecule has 0 heterocycles. The highest BCUT2D eigenvalue weighted by Crippen LogP contribution is 2.22. The van der Waals surface area contributed by atoms with Crippen molar-refractivity contribution in [3.05, 3.63) is 41.5 Å². The van der Waals surface area contributed by atoms with Crippen LogP contribution < -0.4 is 0 Å². The Balaban J connectivity index is 3.38. The predicted molar refractivity (Wildman–Crippen MR) is 77.4 cm³/mol. The van der Waals surface area contributed by atoms with E-state index in [1.807, 2.05) is 6.92 Å². The van der Waals surface area contributed by atoms with Crippen LogP contribution in [0.2, 0.25) is 0 Å². The molecule has 0 saturated carbocycles. The molecule has 0 unspecified atom stereocenters. The van der Waals surface area contributed by atoms with Crippen LogP contribution >= 0.6 is 0 Å². The van der Waals surface area contributed by atoms with Crippen LogP contribution in [-0.4, -0.2) is 37.4 Å². The van der Waals surface area contributed by atoms with Gasteiger partial charge in [-0.2, -0.15) is 4.31 Å². The first-order valence-electron chi connectivity index (χ1n) is 6.17. The molecule has 0 atom stereocenters. The van der Waals surface area contributed by atoms with Gasteiger partial charge in [0.1, 0.15) is 0 Å². The van der Waals surface area contributed by atoms with E-state index in [0.717, 1.165) is 0 Å². The van der Waals surface area contributed by atoms with Gasteiger partial charge in [0.25, 0.3) is 0 Å². The molecule has 1 aromatic rings. The van der Waals surface area contributed by atoms with Crippen molar-refractivity contribution in [2.75, 3.05) is 13.6 Å². The molecule has 0 aromatic heterocycles. The van der Waals surface area contributed by atoms with Crippen LogP contribution in [0.1, 0.15) is 29.8 Å². The second-order valence-corrected chi connectivity index (χ2v) is 6.71. The van der Waals surface area contributed by atoms with Crippen molar-refractivity contribution in [3.8, 4) is 0 Å². The van der Waals surface area contributed by atoms with Gasteiger partial charge < -0.3 is 5.11 Å². The molecule has 0 amide bonds. The van der Waals surface area contributed by atoms with E-state index in [1.165, 1.54) is 23.5 Å². The van der Waals surface area contributed by atoms with Gasteiger partial charge in [-0.15, -0.1) is 0 Å². The Kier molecular flexibility index (Phi) is 5.08. The monoisotopic (exact) mass is 297 g/mol. The minimum Gasteiger partial charge on any atom is -0.478 e. The molecular formula is C14H19NO4S. The number of benzene rings is 1. The summed E-state index contributed by atoms with van der Waals surface area (Å²) in [4.78, 5) is 11.0. The zero-order valence-corrected chi connectivity index (χ0v) is 12.7. The quantitative estimate of drug-likeness (QED) is 0.816. The summed E-state index contributed by atoms with van der Waals surface area (Å²) in [5, 5.41) is 9.00. The van der Waals surface area contributed by atoms with Gasteiger partial charge in [-0.25, -0.2) is 13.2 Å². The summed E-state index contributed by atoms with van der Waals surface area (Å²) < 4.78 is 26.2. The average Bonchev–Trinajstić information content (AvgIpc) is 2.36. The summed E-state index contributed by atoms with van der Waals surface area (Å²) in [7, 11) is -2.27. The third-order valence-corrected chi connectivity index (χ3v) is 4.76. The molecule has 0 aliphatic heterocycles. The third-order valence-electron chi connectivity index (χ3n) is 2.88. The summed E-state index contributed by atoms with van der Waals surface area (Å²) >= 11 is 0. The molecule has 20 heavy (non-hydrogen) atoms. The maximum absolute atomic E-state index is 12.5. The molecular weight excluding hydrogens is 278 g/mol. The lowest BCUT2D eigenvalue weighted by Gasteiger charge is -2.19. The van der Waals surface area contributed by atoms with E-state index in [1.54, 1.807) is 13.0 Å². The molecule has 0 saturated heterocycles. The second-order valence-electron chi connectivity index (χ2n) is 4.70. The fraction of sp³-hybridized carbons (Fsp3) is 0.357. The number of carboxylic acids is 1. The lowest BCUT2D eigenvalue weighted by atomic mass is 10.1. The van der Waals surface area contributed by atoms with Gasteiger partial charge in [-0.1, -0.05) is 25.1 Å². The van der Waals surface area contributed by atoms with Gasteiger partial charge in [-0.05, 0) is 31.0 Å². The van der Waals surface area contributed by atoms with Gasteiger partial charge in [-0.3, -0.25) is 0 Å². The first-order valence-corrected chi connectivity index (χ1v) is 7.61. The standard InChI is InChI=1S/C14H19NO4S/c1-5-11-6-7-12(14(16)17)8-13(11)20(18,19)15(4)9-10(2)3/h6-8H,2,5,9H2,1,3-4H3,(H,16,17). The normalized spacial score (nSPS) is 11.6. The van der Waals surface area contributed by atoms with E-state index < -0.39 is 16.0 Å². The first kappa shape index (κ1) is 16.4. The van der Waals surface area contributed by atoms with Crippen LogP contribution in [0.3, 0.4) is 0 Å². The Morgan fingerprint density at radius 2 is 2.00 bits per heavy atom. The molecule has 1 rings (SSSR count). The van der Waals surface area contributed by atoms with E-state index in [4.69, 9.17) is 5.11 Å². The van der Waals surface area contributed by atoms with Crippen molar-refractivity contribution in [2.45, 2.75) is 25.2 Å². The fourth-order valence-electron chi connectivity index (χ4n) is 1.85. The van der Waals surface area contributed by atoms with Crippen molar-refractivity contribution < 1.29 is 18.3 Å². The SMILES string of the molecule is C=C(C)CN(C)S(=O)(=O)c1cc(C(=O)O)ccc1CC. The molecule has 0 aliphatic rings. The topological polar surface area (TPSA) is 74.7 Å². The van der Waals surface area contributed by atoms with Crippen LogP contribution in [0, 0.1) is 0 Å². The minimum atomic E-state index is -3.72. The number of hydrogen-bond acceptors (Lipinski definition) is 3. The number of aryl methyl sites for hydroxylation is 1. The highest BCUT2D eigenvalue weighted by molar-refractivity contribution is 7.89. The van der Waals surface area contributed by atoms with Gasteiger partial charge in [0.15, 0.2) is 0 Å². The Bertz CT molecular complexity index is 635. The molecule has 1 N–H and O–H groups in total. The summed E-state index contributed by atoms with van der Waals surface area (Å²) in [6, 6.07) is 4.18. The van der Waals surface area contributed by atoms with Crippen molar-refractivity contribution in [1.82, 2.24) is 4.31 Å². The molecule has 0 radical (unpaired) electrons. The first-order chi connectivity index (χ1) is 9.20. The predicted octanol–water partition coefficient (Wildman–Crippen LogP) is 2.14. The smallest absolute Gasteiger partial charge is 0.335 e. The van der Waals surface area contributed by atoms with Crippen LogP contribution in [-0.2, 0) is 16.4 Å². The van der Waals surface area contributed by atoms with Crippen LogP contribution in [0.25, 0.3) is 0 Å². The minimum absolute atomic E-state index is 0.0375. The molecule has 1 aromatic carbocycles. The number of sulfonamides is 1. The molecule has 110 valence electrons. The Labute approximate surface area is 119 Å².